The quantitative estimate of drug-likeness (QED) is 0.624. The van der Waals surface area contributed by atoms with Crippen molar-refractivity contribution in [2.45, 2.75) is 20.3 Å². The predicted molar refractivity (Wildman–Crippen MR) is 64.5 cm³/mol. The van der Waals surface area contributed by atoms with E-state index in [1.165, 1.54) is 7.11 Å². The maximum atomic E-state index is 11.6. The smallest absolute Gasteiger partial charge is 0.341 e. The molecule has 0 saturated carbocycles. The molecule has 0 spiro atoms. The summed E-state index contributed by atoms with van der Waals surface area (Å²) in [5.74, 6) is -0.861. The van der Waals surface area contributed by atoms with Gasteiger partial charge in [-0.3, -0.25) is 0 Å². The number of ether oxygens (including phenoxy) is 1. The van der Waals surface area contributed by atoms with Crippen LogP contribution in [-0.2, 0) is 11.2 Å². The number of hydrogen-bond donors (Lipinski definition) is 2. The molecule has 0 aliphatic carbocycles. The molecular formula is C13H16O4. The van der Waals surface area contributed by atoms with Gasteiger partial charge in [-0.1, -0.05) is 6.08 Å². The molecule has 1 aromatic carbocycles. The van der Waals surface area contributed by atoms with Crippen LogP contribution in [0, 0.1) is 13.8 Å². The predicted octanol–water partition coefficient (Wildman–Crippen LogP) is 2.23. The molecular weight excluding hydrogens is 220 g/mol. The molecule has 0 saturated heterocycles. The van der Waals surface area contributed by atoms with Gasteiger partial charge in [0.25, 0.3) is 0 Å². The molecule has 0 fully saturated rings. The summed E-state index contributed by atoms with van der Waals surface area (Å²) in [6.07, 6.45) is 2.04. The Kier molecular flexibility index (Phi) is 3.78. The fraction of sp³-hybridized carbons (Fsp3) is 0.308. The van der Waals surface area contributed by atoms with Gasteiger partial charge in [-0.15, -0.1) is 6.58 Å². The first-order chi connectivity index (χ1) is 7.95. The van der Waals surface area contributed by atoms with Crippen LogP contribution in [0.25, 0.3) is 0 Å². The number of allylic oxidation sites excluding steroid dienone is 1. The van der Waals surface area contributed by atoms with Gasteiger partial charge in [-0.05, 0) is 25.8 Å². The van der Waals surface area contributed by atoms with Crippen molar-refractivity contribution in [3.05, 3.63) is 34.9 Å². The highest BCUT2D eigenvalue weighted by molar-refractivity contribution is 5.95. The van der Waals surface area contributed by atoms with E-state index >= 15 is 0 Å². The molecule has 0 amide bonds. The Hall–Kier alpha value is -1.97. The average Bonchev–Trinajstić information content (AvgIpc) is 2.32. The third-order valence-corrected chi connectivity index (χ3v) is 2.80. The molecule has 4 heteroatoms. The van der Waals surface area contributed by atoms with Crippen LogP contribution in [0.3, 0.4) is 0 Å². The number of esters is 1. The molecule has 17 heavy (non-hydrogen) atoms. The Morgan fingerprint density at radius 2 is 1.88 bits per heavy atom. The maximum absolute atomic E-state index is 11.6. The van der Waals surface area contributed by atoms with E-state index < -0.39 is 5.97 Å². The normalized spacial score (nSPS) is 10.1. The molecule has 1 rings (SSSR count). The van der Waals surface area contributed by atoms with Gasteiger partial charge in [0.15, 0.2) is 0 Å². The Bertz CT molecular complexity index is 475. The molecule has 0 aliphatic rings. The first kappa shape index (κ1) is 13.1. The first-order valence-electron chi connectivity index (χ1n) is 5.18. The van der Waals surface area contributed by atoms with Crippen LogP contribution >= 0.6 is 0 Å². The summed E-state index contributed by atoms with van der Waals surface area (Å²) in [4.78, 5) is 11.6. The lowest BCUT2D eigenvalue weighted by atomic mass is 9.94. The van der Waals surface area contributed by atoms with Gasteiger partial charge in [0.1, 0.15) is 17.1 Å². The number of carbonyl (C=O) groups is 1. The second-order valence-electron chi connectivity index (χ2n) is 3.79. The van der Waals surface area contributed by atoms with E-state index in [9.17, 15) is 15.0 Å². The minimum Gasteiger partial charge on any atom is -0.507 e. The van der Waals surface area contributed by atoms with Crippen molar-refractivity contribution in [3.63, 3.8) is 0 Å². The third kappa shape index (κ3) is 2.11. The zero-order chi connectivity index (χ0) is 13.2. The molecule has 92 valence electrons. The minimum absolute atomic E-state index is 0.00690. The second kappa shape index (κ2) is 4.91. The summed E-state index contributed by atoms with van der Waals surface area (Å²) in [6.45, 7) is 6.80. The second-order valence-corrected chi connectivity index (χ2v) is 3.79. The summed E-state index contributed by atoms with van der Waals surface area (Å²) in [5, 5.41) is 19.8. The number of aromatic hydroxyl groups is 2. The molecule has 0 heterocycles. The topological polar surface area (TPSA) is 66.8 Å². The zero-order valence-corrected chi connectivity index (χ0v) is 10.2. The van der Waals surface area contributed by atoms with Crippen LogP contribution in [0.1, 0.15) is 27.0 Å². The Morgan fingerprint density at radius 3 is 2.35 bits per heavy atom. The van der Waals surface area contributed by atoms with E-state index in [0.29, 0.717) is 17.5 Å². The number of hydrogen-bond acceptors (Lipinski definition) is 4. The monoisotopic (exact) mass is 236 g/mol. The van der Waals surface area contributed by atoms with Crippen LogP contribution in [0.5, 0.6) is 11.5 Å². The largest absolute Gasteiger partial charge is 0.507 e. The van der Waals surface area contributed by atoms with Gasteiger partial charge >= 0.3 is 5.97 Å². The number of carbonyl (C=O) groups excluding carboxylic acids is 1. The Morgan fingerprint density at radius 1 is 1.29 bits per heavy atom. The van der Waals surface area contributed by atoms with Crippen LogP contribution in [-0.4, -0.2) is 23.3 Å². The van der Waals surface area contributed by atoms with Crippen molar-refractivity contribution in [3.8, 4) is 11.5 Å². The van der Waals surface area contributed by atoms with Crippen LogP contribution in [0.2, 0.25) is 0 Å². The van der Waals surface area contributed by atoms with Crippen LogP contribution in [0.4, 0.5) is 0 Å². The molecule has 0 aromatic heterocycles. The van der Waals surface area contributed by atoms with E-state index in [0.717, 1.165) is 0 Å². The van der Waals surface area contributed by atoms with E-state index in [1.54, 1.807) is 19.9 Å². The van der Waals surface area contributed by atoms with Crippen LogP contribution < -0.4 is 0 Å². The van der Waals surface area contributed by atoms with Gasteiger partial charge in [0, 0.05) is 11.1 Å². The number of phenolic OH excluding ortho intramolecular Hbond substituents is 2. The number of rotatable bonds is 3. The van der Waals surface area contributed by atoms with Crippen molar-refractivity contribution >= 4 is 5.97 Å². The van der Waals surface area contributed by atoms with E-state index in [2.05, 4.69) is 11.3 Å². The number of methoxy groups -OCH3 is 1. The van der Waals surface area contributed by atoms with Gasteiger partial charge in [0.05, 0.1) is 7.11 Å². The summed E-state index contributed by atoms with van der Waals surface area (Å²) in [5.41, 5.74) is 1.46. The van der Waals surface area contributed by atoms with Crippen molar-refractivity contribution in [1.82, 2.24) is 0 Å². The van der Waals surface area contributed by atoms with Crippen LogP contribution in [0.15, 0.2) is 12.7 Å². The lowest BCUT2D eigenvalue weighted by Gasteiger charge is -2.15. The fourth-order valence-electron chi connectivity index (χ4n) is 1.78. The first-order valence-corrected chi connectivity index (χ1v) is 5.18. The molecule has 0 bridgehead atoms. The summed E-state index contributed by atoms with van der Waals surface area (Å²) < 4.78 is 4.62. The standard InChI is InChI=1S/C13H16O4/c1-5-6-9-7(2)10(13(16)17-4)12(15)8(3)11(9)14/h5,14-15H,1,6H2,2-4H3. The molecule has 0 radical (unpaired) electrons. The molecule has 4 nitrogen and oxygen atoms in total. The van der Waals surface area contributed by atoms with Gasteiger partial charge in [0.2, 0.25) is 0 Å². The van der Waals surface area contributed by atoms with E-state index in [4.69, 9.17) is 0 Å². The highest BCUT2D eigenvalue weighted by Gasteiger charge is 2.23. The molecule has 0 atom stereocenters. The summed E-state index contributed by atoms with van der Waals surface area (Å²) >= 11 is 0. The highest BCUT2D eigenvalue weighted by atomic mass is 16.5. The third-order valence-electron chi connectivity index (χ3n) is 2.80. The van der Waals surface area contributed by atoms with Crippen molar-refractivity contribution < 1.29 is 19.7 Å². The maximum Gasteiger partial charge on any atom is 0.341 e. The van der Waals surface area contributed by atoms with Gasteiger partial charge < -0.3 is 14.9 Å². The highest BCUT2D eigenvalue weighted by Crippen LogP contribution is 2.37. The SMILES string of the molecule is C=CCc1c(C)c(C(=O)OC)c(O)c(C)c1O. The Balaban J connectivity index is 3.60. The van der Waals surface area contributed by atoms with E-state index in [-0.39, 0.29) is 22.6 Å². The summed E-state index contributed by atoms with van der Waals surface area (Å²) in [7, 11) is 1.25. The van der Waals surface area contributed by atoms with Gasteiger partial charge in [-0.2, -0.15) is 0 Å². The number of phenols is 2. The van der Waals surface area contributed by atoms with Gasteiger partial charge in [-0.25, -0.2) is 4.79 Å². The Labute approximate surface area is 100 Å². The zero-order valence-electron chi connectivity index (χ0n) is 10.2. The molecule has 1 aromatic rings. The molecule has 0 aliphatic heterocycles. The molecule has 2 N–H and O–H groups in total. The fourth-order valence-corrected chi connectivity index (χ4v) is 1.78. The average molecular weight is 236 g/mol. The van der Waals surface area contributed by atoms with E-state index in [1.807, 2.05) is 0 Å². The summed E-state index contributed by atoms with van der Waals surface area (Å²) in [6, 6.07) is 0. The molecule has 0 unspecified atom stereocenters. The minimum atomic E-state index is -0.617. The van der Waals surface area contributed by atoms with Crippen molar-refractivity contribution in [1.29, 1.82) is 0 Å². The van der Waals surface area contributed by atoms with Crippen molar-refractivity contribution in [2.24, 2.45) is 0 Å². The number of benzene rings is 1. The lowest BCUT2D eigenvalue weighted by Crippen LogP contribution is -2.08. The lowest BCUT2D eigenvalue weighted by molar-refractivity contribution is 0.0596. The van der Waals surface area contributed by atoms with Crippen molar-refractivity contribution in [2.75, 3.05) is 7.11 Å².